The minimum Gasteiger partial charge on any atom is -0.490 e. The summed E-state index contributed by atoms with van der Waals surface area (Å²) in [6.07, 6.45) is 0. The molecule has 8 heteroatoms. The Balaban J connectivity index is 2.10. The topological polar surface area (TPSA) is 93.5 Å². The van der Waals surface area contributed by atoms with Crippen LogP contribution in [0.4, 0.5) is 11.4 Å². The highest BCUT2D eigenvalue weighted by Crippen LogP contribution is 2.29. The number of rotatable bonds is 4. The first-order valence-corrected chi connectivity index (χ1v) is 7.33. The van der Waals surface area contributed by atoms with Crippen LogP contribution in [-0.2, 0) is 0 Å². The molecule has 0 bridgehead atoms. The van der Waals surface area contributed by atoms with E-state index in [0.717, 1.165) is 5.56 Å². The Bertz CT molecular complexity index is 808. The van der Waals surface area contributed by atoms with Gasteiger partial charge >= 0.3 is 5.69 Å². The first kappa shape index (κ1) is 17.4. The van der Waals surface area contributed by atoms with Crippen LogP contribution in [0.2, 0.25) is 0 Å². The molecule has 0 saturated heterocycles. The van der Waals surface area contributed by atoms with Crippen LogP contribution in [0.15, 0.2) is 42.5 Å². The normalized spacial score (nSPS) is 9.92. The summed E-state index contributed by atoms with van der Waals surface area (Å²) in [6, 6.07) is 11.4. The molecule has 0 spiro atoms. The minimum absolute atomic E-state index is 0.0442. The van der Waals surface area contributed by atoms with E-state index in [2.05, 4.69) is 10.6 Å². The maximum atomic E-state index is 12.2. The predicted molar refractivity (Wildman–Crippen MR) is 94.5 cm³/mol. The van der Waals surface area contributed by atoms with E-state index in [0.29, 0.717) is 11.3 Å². The Morgan fingerprint density at radius 1 is 1.25 bits per heavy atom. The van der Waals surface area contributed by atoms with Crippen molar-refractivity contribution in [1.29, 1.82) is 0 Å². The second kappa shape index (κ2) is 7.51. The number of nitro groups is 1. The first-order chi connectivity index (χ1) is 11.4. The maximum Gasteiger partial charge on any atom is 0.312 e. The molecule has 0 fully saturated rings. The first-order valence-electron chi connectivity index (χ1n) is 6.92. The lowest BCUT2D eigenvalue weighted by Gasteiger charge is -2.11. The minimum atomic E-state index is -0.557. The molecule has 0 saturated carbocycles. The van der Waals surface area contributed by atoms with Crippen LogP contribution in [0.25, 0.3) is 0 Å². The van der Waals surface area contributed by atoms with Gasteiger partial charge < -0.3 is 10.1 Å². The molecule has 0 radical (unpaired) electrons. The highest BCUT2D eigenvalue weighted by Gasteiger charge is 2.16. The molecule has 0 aliphatic heterocycles. The summed E-state index contributed by atoms with van der Waals surface area (Å²) < 4.78 is 4.93. The van der Waals surface area contributed by atoms with Gasteiger partial charge in [0.15, 0.2) is 10.9 Å². The molecular formula is C16H15N3O4S. The fourth-order valence-electron chi connectivity index (χ4n) is 2.07. The van der Waals surface area contributed by atoms with E-state index in [1.54, 1.807) is 18.2 Å². The number of methoxy groups -OCH3 is 1. The van der Waals surface area contributed by atoms with Crippen molar-refractivity contribution in [3.05, 3.63) is 63.7 Å². The highest BCUT2D eigenvalue weighted by atomic mass is 32.1. The molecule has 0 aliphatic carbocycles. The van der Waals surface area contributed by atoms with Crippen molar-refractivity contribution in [3.63, 3.8) is 0 Å². The third-order valence-electron chi connectivity index (χ3n) is 3.25. The average Bonchev–Trinajstić information content (AvgIpc) is 2.54. The molecule has 1 amide bonds. The molecule has 24 heavy (non-hydrogen) atoms. The smallest absolute Gasteiger partial charge is 0.312 e. The zero-order valence-electron chi connectivity index (χ0n) is 13.0. The average molecular weight is 345 g/mol. The molecule has 0 aromatic heterocycles. The highest BCUT2D eigenvalue weighted by molar-refractivity contribution is 7.80. The van der Waals surface area contributed by atoms with Gasteiger partial charge in [0.1, 0.15) is 0 Å². The Morgan fingerprint density at radius 2 is 1.96 bits per heavy atom. The summed E-state index contributed by atoms with van der Waals surface area (Å²) in [6.45, 7) is 1.82. The molecule has 2 rings (SSSR count). The summed E-state index contributed by atoms with van der Waals surface area (Å²) in [5.74, 6) is -0.214. The summed E-state index contributed by atoms with van der Waals surface area (Å²) in [5, 5.41) is 16.3. The number of carbonyl (C=O) groups is 1. The van der Waals surface area contributed by atoms with Gasteiger partial charge in [-0.3, -0.25) is 20.2 Å². The van der Waals surface area contributed by atoms with Crippen molar-refractivity contribution in [1.82, 2.24) is 5.32 Å². The van der Waals surface area contributed by atoms with Crippen molar-refractivity contribution in [3.8, 4) is 5.75 Å². The van der Waals surface area contributed by atoms with Crippen LogP contribution >= 0.6 is 12.2 Å². The molecule has 0 unspecified atom stereocenters. The van der Waals surface area contributed by atoms with Crippen LogP contribution in [0, 0.1) is 17.0 Å². The molecular weight excluding hydrogens is 330 g/mol. The predicted octanol–water partition coefficient (Wildman–Crippen LogP) is 3.04. The molecule has 2 aromatic carbocycles. The molecule has 2 N–H and O–H groups in total. The quantitative estimate of drug-likeness (QED) is 0.502. The van der Waals surface area contributed by atoms with Gasteiger partial charge in [-0.2, -0.15) is 0 Å². The number of benzene rings is 2. The second-order valence-electron chi connectivity index (χ2n) is 4.87. The summed E-state index contributed by atoms with van der Waals surface area (Å²) >= 11 is 5.08. The van der Waals surface area contributed by atoms with E-state index >= 15 is 0 Å². The number of anilines is 1. The molecule has 7 nitrogen and oxygen atoms in total. The van der Waals surface area contributed by atoms with Crippen LogP contribution in [0.1, 0.15) is 15.9 Å². The van der Waals surface area contributed by atoms with Gasteiger partial charge in [0.2, 0.25) is 0 Å². The number of nitrogens with zero attached hydrogens (tertiary/aromatic N) is 1. The van der Waals surface area contributed by atoms with Gasteiger partial charge in [-0.05, 0) is 42.9 Å². The number of aryl methyl sites for hydroxylation is 1. The van der Waals surface area contributed by atoms with E-state index in [1.165, 1.54) is 19.2 Å². The van der Waals surface area contributed by atoms with Crippen LogP contribution in [0.3, 0.4) is 0 Å². The maximum absolute atomic E-state index is 12.2. The number of thiocarbonyl (C=S) groups is 1. The van der Waals surface area contributed by atoms with Gasteiger partial charge in [0, 0.05) is 17.3 Å². The fourth-order valence-corrected chi connectivity index (χ4v) is 2.28. The van der Waals surface area contributed by atoms with Gasteiger partial charge in [-0.1, -0.05) is 18.2 Å². The number of ether oxygens (including phenoxy) is 1. The largest absolute Gasteiger partial charge is 0.490 e. The van der Waals surface area contributed by atoms with Crippen molar-refractivity contribution in [2.75, 3.05) is 12.4 Å². The number of nitrogens with one attached hydrogen (secondary N) is 2. The molecule has 124 valence electrons. The second-order valence-corrected chi connectivity index (χ2v) is 5.28. The Hall–Kier alpha value is -3.00. The number of nitro benzene ring substituents is 1. The molecule has 0 heterocycles. The number of amides is 1. The fraction of sp³-hybridized carbons (Fsp3) is 0.125. The lowest BCUT2D eigenvalue weighted by molar-refractivity contribution is -0.385. The lowest BCUT2D eigenvalue weighted by Crippen LogP contribution is -2.34. The SMILES string of the molecule is COc1ccc(NC(=S)NC(=O)c2ccccc2C)cc1[N+](=O)[O-]. The zero-order chi connectivity index (χ0) is 17.7. The Labute approximate surface area is 143 Å². The lowest BCUT2D eigenvalue weighted by atomic mass is 10.1. The third-order valence-corrected chi connectivity index (χ3v) is 3.45. The van der Waals surface area contributed by atoms with Gasteiger partial charge in [-0.25, -0.2) is 0 Å². The summed E-state index contributed by atoms with van der Waals surface area (Å²) in [7, 11) is 1.35. The standard InChI is InChI=1S/C16H15N3O4S/c1-10-5-3-4-6-12(10)15(20)18-16(24)17-11-7-8-14(23-2)13(9-11)19(21)22/h3-9H,1-2H3,(H2,17,18,20,24). The van der Waals surface area contributed by atoms with Crippen molar-refractivity contribution < 1.29 is 14.5 Å². The number of carbonyl (C=O) groups excluding carboxylic acids is 1. The van der Waals surface area contributed by atoms with E-state index in [-0.39, 0.29) is 22.5 Å². The zero-order valence-corrected chi connectivity index (χ0v) is 13.8. The third kappa shape index (κ3) is 4.05. The Morgan fingerprint density at radius 3 is 2.58 bits per heavy atom. The van der Waals surface area contributed by atoms with Gasteiger partial charge in [-0.15, -0.1) is 0 Å². The van der Waals surface area contributed by atoms with Crippen molar-refractivity contribution in [2.24, 2.45) is 0 Å². The van der Waals surface area contributed by atoms with Crippen molar-refractivity contribution >= 4 is 34.6 Å². The van der Waals surface area contributed by atoms with Crippen LogP contribution in [0.5, 0.6) is 5.75 Å². The number of hydrogen-bond donors (Lipinski definition) is 2. The van der Waals surface area contributed by atoms with E-state index in [9.17, 15) is 14.9 Å². The van der Waals surface area contributed by atoms with Crippen LogP contribution < -0.4 is 15.4 Å². The summed E-state index contributed by atoms with van der Waals surface area (Å²) in [4.78, 5) is 22.6. The van der Waals surface area contributed by atoms with E-state index < -0.39 is 4.92 Å². The van der Waals surface area contributed by atoms with Crippen LogP contribution in [-0.4, -0.2) is 23.1 Å². The number of hydrogen-bond acceptors (Lipinski definition) is 5. The Kier molecular flexibility index (Phi) is 5.43. The monoisotopic (exact) mass is 345 g/mol. The van der Waals surface area contributed by atoms with Gasteiger partial charge in [0.25, 0.3) is 5.91 Å². The summed E-state index contributed by atoms with van der Waals surface area (Å²) in [5.41, 5.74) is 1.49. The molecule has 0 aliphatic rings. The van der Waals surface area contributed by atoms with Crippen molar-refractivity contribution in [2.45, 2.75) is 6.92 Å². The van der Waals surface area contributed by atoms with E-state index in [1.807, 2.05) is 19.1 Å². The molecule has 0 atom stereocenters. The van der Waals surface area contributed by atoms with Gasteiger partial charge in [0.05, 0.1) is 12.0 Å². The molecule has 2 aromatic rings. The van der Waals surface area contributed by atoms with E-state index in [4.69, 9.17) is 17.0 Å².